The summed E-state index contributed by atoms with van der Waals surface area (Å²) in [6.45, 7) is 4.53. The van der Waals surface area contributed by atoms with E-state index in [9.17, 15) is 9.59 Å². The van der Waals surface area contributed by atoms with Gasteiger partial charge in [-0.3, -0.25) is 9.59 Å². The Balaban J connectivity index is 1.76. The standard InChI is InChI=1S/C22H25BrN2O4/c1-4-9-29-21-17(23)11-16(12-19(21)28-3)22(27)24-13(2)14-5-7-18-15(10-14)6-8-20(26)25-18/h5,7,10-13H,4,6,8-9H2,1-3H3,(H,24,27)(H,25,26). The Hall–Kier alpha value is -2.54. The molecule has 3 rings (SSSR count). The van der Waals surface area contributed by atoms with Crippen molar-refractivity contribution in [2.24, 2.45) is 0 Å². The Bertz CT molecular complexity index is 929. The highest BCUT2D eigenvalue weighted by Gasteiger charge is 2.19. The van der Waals surface area contributed by atoms with Crippen LogP contribution in [0.3, 0.4) is 0 Å². The van der Waals surface area contributed by atoms with Gasteiger partial charge in [-0.25, -0.2) is 0 Å². The SMILES string of the molecule is CCCOc1c(Br)cc(C(=O)NC(C)c2ccc3c(c2)CCC(=O)N3)cc1OC. The van der Waals surface area contributed by atoms with Crippen LogP contribution in [0.1, 0.15) is 54.2 Å². The van der Waals surface area contributed by atoms with Crippen LogP contribution in [0.25, 0.3) is 0 Å². The number of carbonyl (C=O) groups is 2. The summed E-state index contributed by atoms with van der Waals surface area (Å²) in [7, 11) is 1.55. The van der Waals surface area contributed by atoms with Crippen molar-refractivity contribution < 1.29 is 19.1 Å². The molecule has 1 heterocycles. The predicted octanol–water partition coefficient (Wildman–Crippen LogP) is 4.62. The molecule has 6 nitrogen and oxygen atoms in total. The maximum atomic E-state index is 12.8. The minimum absolute atomic E-state index is 0.0393. The van der Waals surface area contributed by atoms with Gasteiger partial charge in [0.05, 0.1) is 24.2 Å². The number of carbonyl (C=O) groups excluding carboxylic acids is 2. The van der Waals surface area contributed by atoms with Crippen LogP contribution in [0.4, 0.5) is 5.69 Å². The Kier molecular flexibility index (Phi) is 6.79. The minimum Gasteiger partial charge on any atom is -0.493 e. The zero-order chi connectivity index (χ0) is 21.0. The lowest BCUT2D eigenvalue weighted by Crippen LogP contribution is -2.27. The van der Waals surface area contributed by atoms with Crippen LogP contribution in [0, 0.1) is 0 Å². The third kappa shape index (κ3) is 4.90. The molecule has 0 saturated heterocycles. The molecule has 0 radical (unpaired) electrons. The normalized spacial score (nSPS) is 13.9. The molecule has 0 aliphatic carbocycles. The maximum absolute atomic E-state index is 12.8. The van der Waals surface area contributed by atoms with E-state index in [0.717, 1.165) is 23.2 Å². The molecule has 0 aromatic heterocycles. The number of ether oxygens (including phenoxy) is 2. The minimum atomic E-state index is -0.204. The summed E-state index contributed by atoms with van der Waals surface area (Å²) in [5, 5.41) is 5.90. The van der Waals surface area contributed by atoms with Crippen LogP contribution in [0.5, 0.6) is 11.5 Å². The van der Waals surface area contributed by atoms with E-state index in [1.54, 1.807) is 19.2 Å². The summed E-state index contributed by atoms with van der Waals surface area (Å²) in [5.74, 6) is 0.938. The molecule has 0 bridgehead atoms. The van der Waals surface area contributed by atoms with Gasteiger partial charge in [-0.15, -0.1) is 0 Å². The number of hydrogen-bond donors (Lipinski definition) is 2. The fourth-order valence-electron chi connectivity index (χ4n) is 3.23. The number of hydrogen-bond acceptors (Lipinski definition) is 4. The Morgan fingerprint density at radius 1 is 1.28 bits per heavy atom. The highest BCUT2D eigenvalue weighted by molar-refractivity contribution is 9.10. The summed E-state index contributed by atoms with van der Waals surface area (Å²) >= 11 is 3.47. The second-order valence-electron chi connectivity index (χ2n) is 7.00. The molecule has 1 atom stereocenters. The zero-order valence-corrected chi connectivity index (χ0v) is 18.4. The van der Waals surface area contributed by atoms with Gasteiger partial charge in [0.2, 0.25) is 5.91 Å². The molecule has 154 valence electrons. The number of nitrogens with one attached hydrogen (secondary N) is 2. The third-order valence-corrected chi connectivity index (χ3v) is 5.40. The first-order valence-electron chi connectivity index (χ1n) is 9.66. The van der Waals surface area contributed by atoms with Crippen LogP contribution >= 0.6 is 15.9 Å². The zero-order valence-electron chi connectivity index (χ0n) is 16.8. The van der Waals surface area contributed by atoms with Crippen molar-refractivity contribution in [1.82, 2.24) is 5.32 Å². The molecule has 2 aromatic rings. The molecule has 2 N–H and O–H groups in total. The van der Waals surface area contributed by atoms with E-state index in [4.69, 9.17) is 9.47 Å². The molecule has 2 aromatic carbocycles. The van der Waals surface area contributed by atoms with Crippen molar-refractivity contribution in [1.29, 1.82) is 0 Å². The summed E-state index contributed by atoms with van der Waals surface area (Å²) in [6.07, 6.45) is 2.07. The Morgan fingerprint density at radius 3 is 2.79 bits per heavy atom. The van der Waals surface area contributed by atoms with Gasteiger partial charge in [0.25, 0.3) is 5.91 Å². The van der Waals surface area contributed by atoms with E-state index in [-0.39, 0.29) is 17.9 Å². The fourth-order valence-corrected chi connectivity index (χ4v) is 3.79. The lowest BCUT2D eigenvalue weighted by Gasteiger charge is -2.21. The van der Waals surface area contributed by atoms with E-state index in [2.05, 4.69) is 26.6 Å². The van der Waals surface area contributed by atoms with Crippen LogP contribution < -0.4 is 20.1 Å². The number of fused-ring (bicyclic) bond motifs is 1. The molecule has 0 fully saturated rings. The van der Waals surface area contributed by atoms with Crippen LogP contribution in [0.2, 0.25) is 0 Å². The number of halogens is 1. The Morgan fingerprint density at radius 2 is 2.07 bits per heavy atom. The number of anilines is 1. The van der Waals surface area contributed by atoms with E-state index in [0.29, 0.717) is 41.0 Å². The van der Waals surface area contributed by atoms with Crippen molar-refractivity contribution in [2.45, 2.75) is 39.2 Å². The van der Waals surface area contributed by atoms with Gasteiger partial charge in [0, 0.05) is 17.7 Å². The van der Waals surface area contributed by atoms with Crippen molar-refractivity contribution in [3.63, 3.8) is 0 Å². The number of benzene rings is 2. The van der Waals surface area contributed by atoms with E-state index < -0.39 is 0 Å². The van der Waals surface area contributed by atoms with Crippen LogP contribution in [-0.4, -0.2) is 25.5 Å². The number of aryl methyl sites for hydroxylation is 1. The lowest BCUT2D eigenvalue weighted by atomic mass is 9.97. The average molecular weight is 461 g/mol. The number of amides is 2. The van der Waals surface area contributed by atoms with Gasteiger partial charge >= 0.3 is 0 Å². The van der Waals surface area contributed by atoms with Gasteiger partial charge in [0.15, 0.2) is 11.5 Å². The molecule has 7 heteroatoms. The molecule has 1 aliphatic rings. The van der Waals surface area contributed by atoms with Crippen LogP contribution in [0.15, 0.2) is 34.8 Å². The van der Waals surface area contributed by atoms with Crippen molar-refractivity contribution in [2.75, 3.05) is 19.0 Å². The molecular weight excluding hydrogens is 436 g/mol. The summed E-state index contributed by atoms with van der Waals surface area (Å²) in [4.78, 5) is 24.3. The van der Waals surface area contributed by atoms with Gasteiger partial charge in [0.1, 0.15) is 0 Å². The fraction of sp³-hybridized carbons (Fsp3) is 0.364. The van der Waals surface area contributed by atoms with E-state index in [1.165, 1.54) is 0 Å². The molecule has 0 spiro atoms. The molecule has 1 aliphatic heterocycles. The van der Waals surface area contributed by atoms with Crippen LogP contribution in [-0.2, 0) is 11.2 Å². The Labute approximate surface area is 179 Å². The largest absolute Gasteiger partial charge is 0.493 e. The summed E-state index contributed by atoms with van der Waals surface area (Å²) in [5.41, 5.74) is 3.40. The molecule has 1 unspecified atom stereocenters. The van der Waals surface area contributed by atoms with Crippen molar-refractivity contribution in [3.8, 4) is 11.5 Å². The predicted molar refractivity (Wildman–Crippen MR) is 116 cm³/mol. The highest BCUT2D eigenvalue weighted by Crippen LogP contribution is 2.37. The monoisotopic (exact) mass is 460 g/mol. The molecule has 0 saturated carbocycles. The van der Waals surface area contributed by atoms with Gasteiger partial charge in [-0.1, -0.05) is 19.1 Å². The van der Waals surface area contributed by atoms with E-state index in [1.807, 2.05) is 32.0 Å². The maximum Gasteiger partial charge on any atom is 0.251 e. The van der Waals surface area contributed by atoms with Gasteiger partial charge < -0.3 is 20.1 Å². The topological polar surface area (TPSA) is 76.7 Å². The molecular formula is C22H25BrN2O4. The molecule has 29 heavy (non-hydrogen) atoms. The average Bonchev–Trinajstić information content (AvgIpc) is 2.71. The second-order valence-corrected chi connectivity index (χ2v) is 7.85. The highest BCUT2D eigenvalue weighted by atomic mass is 79.9. The summed E-state index contributed by atoms with van der Waals surface area (Å²) in [6, 6.07) is 9.08. The van der Waals surface area contributed by atoms with Gasteiger partial charge in [-0.2, -0.15) is 0 Å². The van der Waals surface area contributed by atoms with Gasteiger partial charge in [-0.05, 0) is 65.0 Å². The number of methoxy groups -OCH3 is 1. The number of rotatable bonds is 7. The van der Waals surface area contributed by atoms with Crippen molar-refractivity contribution in [3.05, 3.63) is 51.5 Å². The smallest absolute Gasteiger partial charge is 0.251 e. The quantitative estimate of drug-likeness (QED) is 0.631. The first kappa shape index (κ1) is 21.2. The lowest BCUT2D eigenvalue weighted by molar-refractivity contribution is -0.116. The second kappa shape index (κ2) is 9.31. The van der Waals surface area contributed by atoms with E-state index >= 15 is 0 Å². The third-order valence-electron chi connectivity index (χ3n) is 4.81. The molecule has 2 amide bonds. The summed E-state index contributed by atoms with van der Waals surface area (Å²) < 4.78 is 11.8. The van der Waals surface area contributed by atoms with Crippen molar-refractivity contribution >= 4 is 33.4 Å². The first-order chi connectivity index (χ1) is 13.9. The first-order valence-corrected chi connectivity index (χ1v) is 10.5.